The third-order valence-electron chi connectivity index (χ3n) is 5.28. The van der Waals surface area contributed by atoms with Crippen molar-refractivity contribution in [1.82, 2.24) is 0 Å². The van der Waals surface area contributed by atoms with Crippen LogP contribution in [0.25, 0.3) is 0 Å². The molecule has 4 nitrogen and oxygen atoms in total. The van der Waals surface area contributed by atoms with Crippen molar-refractivity contribution in [2.75, 3.05) is 11.9 Å². The maximum atomic E-state index is 13.0. The Balaban J connectivity index is 1.67. The highest BCUT2D eigenvalue weighted by Gasteiger charge is 2.52. The van der Waals surface area contributed by atoms with E-state index >= 15 is 0 Å². The number of ether oxygens (including phenoxy) is 2. The van der Waals surface area contributed by atoms with Crippen LogP contribution >= 0.6 is 0 Å². The lowest BCUT2D eigenvalue weighted by atomic mass is 9.89. The fourth-order valence-electron chi connectivity index (χ4n) is 3.76. The number of carbonyl (C=O) groups excluding carboxylic acids is 1. The third-order valence-corrected chi connectivity index (χ3v) is 7.55. The van der Waals surface area contributed by atoms with E-state index in [-0.39, 0.29) is 12.0 Å². The Kier molecular flexibility index (Phi) is 4.44. The number of hydrogen-bond donors (Lipinski definition) is 1. The molecule has 0 aliphatic carbocycles. The molecule has 1 amide bonds. The summed E-state index contributed by atoms with van der Waals surface area (Å²) in [5.74, 6) is 0.734. The van der Waals surface area contributed by atoms with Crippen molar-refractivity contribution in [3.63, 3.8) is 0 Å². The first-order valence-electron chi connectivity index (χ1n) is 9.36. The van der Waals surface area contributed by atoms with E-state index < -0.39 is 13.7 Å². The highest BCUT2D eigenvalue weighted by atomic mass is 28.3. The van der Waals surface area contributed by atoms with Crippen molar-refractivity contribution in [3.8, 4) is 5.75 Å². The van der Waals surface area contributed by atoms with Crippen molar-refractivity contribution < 1.29 is 14.3 Å². The van der Waals surface area contributed by atoms with Gasteiger partial charge < -0.3 is 14.8 Å². The zero-order valence-corrected chi connectivity index (χ0v) is 17.0. The number of rotatable bonds is 4. The number of carbonyl (C=O) groups is 1. The predicted octanol–water partition coefficient (Wildman–Crippen LogP) is 4.51. The van der Waals surface area contributed by atoms with Crippen LogP contribution in [-0.2, 0) is 15.1 Å². The zero-order valence-electron chi connectivity index (χ0n) is 16.0. The molecule has 1 N–H and O–H groups in total. The standard InChI is InChI=1S/C22H25NO3Si/c1-27(2,3)18-13-17(15-25-16-9-5-4-6-10-16)26-22(14-18)19-11-7-8-12-20(19)23-21(22)24/h4-13,17H,14-15H2,1-3H3,(H,23,24)/t17-,22+/m0/s1. The predicted molar refractivity (Wildman–Crippen MR) is 110 cm³/mol. The Morgan fingerprint density at radius 2 is 1.81 bits per heavy atom. The topological polar surface area (TPSA) is 47.6 Å². The minimum atomic E-state index is -1.61. The van der Waals surface area contributed by atoms with Gasteiger partial charge in [-0.3, -0.25) is 4.79 Å². The van der Waals surface area contributed by atoms with Crippen LogP contribution in [-0.4, -0.2) is 26.7 Å². The van der Waals surface area contributed by atoms with Gasteiger partial charge in [-0.1, -0.05) is 67.3 Å². The number of anilines is 1. The van der Waals surface area contributed by atoms with Crippen molar-refractivity contribution in [2.24, 2.45) is 0 Å². The largest absolute Gasteiger partial charge is 0.491 e. The lowest BCUT2D eigenvalue weighted by molar-refractivity contribution is -0.150. The quantitative estimate of drug-likeness (QED) is 0.796. The smallest absolute Gasteiger partial charge is 0.261 e. The molecule has 5 heteroatoms. The molecule has 2 atom stereocenters. The lowest BCUT2D eigenvalue weighted by Gasteiger charge is -2.39. The van der Waals surface area contributed by atoms with Crippen LogP contribution in [0.5, 0.6) is 5.75 Å². The summed E-state index contributed by atoms with van der Waals surface area (Å²) < 4.78 is 12.4. The molecule has 0 unspecified atom stereocenters. The molecule has 4 rings (SSSR count). The second kappa shape index (κ2) is 6.66. The van der Waals surface area contributed by atoms with Gasteiger partial charge in [0.15, 0.2) is 5.60 Å². The van der Waals surface area contributed by atoms with Crippen molar-refractivity contribution in [2.45, 2.75) is 37.8 Å². The summed E-state index contributed by atoms with van der Waals surface area (Å²) in [7, 11) is -1.61. The molecule has 2 aliphatic rings. The van der Waals surface area contributed by atoms with Crippen molar-refractivity contribution in [3.05, 3.63) is 71.4 Å². The molecular formula is C22H25NO3Si. The summed E-state index contributed by atoms with van der Waals surface area (Å²) in [6.45, 7) is 7.32. The molecule has 0 saturated heterocycles. The van der Waals surface area contributed by atoms with E-state index in [4.69, 9.17) is 9.47 Å². The normalized spacial score (nSPS) is 24.3. The van der Waals surface area contributed by atoms with Crippen LogP contribution in [0.2, 0.25) is 19.6 Å². The Labute approximate surface area is 161 Å². The number of nitrogens with one attached hydrogen (secondary N) is 1. The molecule has 2 aliphatic heterocycles. The fourth-order valence-corrected chi connectivity index (χ4v) is 5.23. The second-order valence-corrected chi connectivity index (χ2v) is 13.4. The van der Waals surface area contributed by atoms with Crippen LogP contribution in [0, 0.1) is 0 Å². The van der Waals surface area contributed by atoms with E-state index in [0.29, 0.717) is 13.0 Å². The Morgan fingerprint density at radius 3 is 2.56 bits per heavy atom. The zero-order chi connectivity index (χ0) is 19.1. The molecule has 27 heavy (non-hydrogen) atoms. The van der Waals surface area contributed by atoms with E-state index in [1.807, 2.05) is 54.6 Å². The second-order valence-electron chi connectivity index (χ2n) is 8.23. The minimum absolute atomic E-state index is 0.0720. The summed E-state index contributed by atoms with van der Waals surface area (Å²) in [4.78, 5) is 13.0. The molecule has 0 fully saturated rings. The Morgan fingerprint density at radius 1 is 1.11 bits per heavy atom. The molecule has 0 bridgehead atoms. The van der Waals surface area contributed by atoms with Gasteiger partial charge in [-0.15, -0.1) is 0 Å². The molecule has 0 aromatic heterocycles. The molecule has 0 radical (unpaired) electrons. The van der Waals surface area contributed by atoms with Gasteiger partial charge in [0, 0.05) is 17.7 Å². The Hall–Kier alpha value is -2.37. The summed E-state index contributed by atoms with van der Waals surface area (Å²) in [5, 5.41) is 4.36. The van der Waals surface area contributed by atoms with Gasteiger partial charge in [-0.2, -0.15) is 0 Å². The average Bonchev–Trinajstić information content (AvgIpc) is 2.91. The fraction of sp³-hybridized carbons (Fsp3) is 0.318. The maximum Gasteiger partial charge on any atom is 0.261 e. The molecule has 0 saturated carbocycles. The summed E-state index contributed by atoms with van der Waals surface area (Å²) in [5.41, 5.74) is 0.830. The van der Waals surface area contributed by atoms with Crippen LogP contribution < -0.4 is 10.1 Å². The Bertz CT molecular complexity index is 888. The molecular weight excluding hydrogens is 354 g/mol. The van der Waals surface area contributed by atoms with E-state index in [1.54, 1.807) is 0 Å². The first-order valence-corrected chi connectivity index (χ1v) is 12.9. The van der Waals surface area contributed by atoms with Gasteiger partial charge in [0.25, 0.3) is 5.91 Å². The number of hydrogen-bond acceptors (Lipinski definition) is 3. The number of amides is 1. The van der Waals surface area contributed by atoms with Gasteiger partial charge in [0.05, 0.1) is 8.07 Å². The molecule has 2 aromatic rings. The summed E-state index contributed by atoms with van der Waals surface area (Å²) in [6, 6.07) is 17.5. The first kappa shape index (κ1) is 18.0. The van der Waals surface area contributed by atoms with Gasteiger partial charge in [0.1, 0.15) is 18.5 Å². The van der Waals surface area contributed by atoms with Crippen LogP contribution in [0.4, 0.5) is 5.69 Å². The van der Waals surface area contributed by atoms with Gasteiger partial charge in [0.2, 0.25) is 0 Å². The minimum Gasteiger partial charge on any atom is -0.491 e. The van der Waals surface area contributed by atoms with E-state index in [9.17, 15) is 4.79 Å². The molecule has 2 heterocycles. The van der Waals surface area contributed by atoms with Crippen molar-refractivity contribution in [1.29, 1.82) is 0 Å². The lowest BCUT2D eigenvalue weighted by Crippen LogP contribution is -2.47. The van der Waals surface area contributed by atoms with Crippen LogP contribution in [0.1, 0.15) is 12.0 Å². The molecule has 140 valence electrons. The van der Waals surface area contributed by atoms with Crippen LogP contribution in [0.15, 0.2) is 65.9 Å². The first-order chi connectivity index (χ1) is 12.9. The monoisotopic (exact) mass is 379 g/mol. The van der Waals surface area contributed by atoms with E-state index in [1.165, 1.54) is 5.20 Å². The van der Waals surface area contributed by atoms with Gasteiger partial charge >= 0.3 is 0 Å². The molecule has 1 spiro atoms. The summed E-state index contributed by atoms with van der Waals surface area (Å²) in [6.07, 6.45) is 2.54. The van der Waals surface area contributed by atoms with Gasteiger partial charge in [-0.05, 0) is 18.2 Å². The SMILES string of the molecule is C[Si](C)(C)C1=C[C@@H](COc2ccccc2)O[C@@]2(C1)C(=O)Nc1ccccc12. The average molecular weight is 380 g/mol. The van der Waals surface area contributed by atoms with Crippen LogP contribution in [0.3, 0.4) is 0 Å². The van der Waals surface area contributed by atoms with Crippen molar-refractivity contribution >= 4 is 19.7 Å². The van der Waals surface area contributed by atoms with E-state index in [2.05, 4.69) is 31.0 Å². The number of benzene rings is 2. The van der Waals surface area contributed by atoms with Gasteiger partial charge in [-0.25, -0.2) is 0 Å². The highest BCUT2D eigenvalue weighted by Crippen LogP contribution is 2.47. The van der Waals surface area contributed by atoms with E-state index in [0.717, 1.165) is 17.0 Å². The number of fused-ring (bicyclic) bond motifs is 2. The number of para-hydroxylation sites is 2. The highest BCUT2D eigenvalue weighted by molar-refractivity contribution is 6.83. The maximum absolute atomic E-state index is 13.0. The molecule has 2 aromatic carbocycles. The third kappa shape index (κ3) is 3.33. The summed E-state index contributed by atoms with van der Waals surface area (Å²) >= 11 is 0.